The highest BCUT2D eigenvalue weighted by atomic mass is 35.5. The number of amides is 2. The largest absolute Gasteiger partial charge is 0.341 e. The van der Waals surface area contributed by atoms with Crippen molar-refractivity contribution in [2.45, 2.75) is 24.9 Å². The van der Waals surface area contributed by atoms with Gasteiger partial charge in [0.05, 0.1) is 10.9 Å². The van der Waals surface area contributed by atoms with E-state index in [1.165, 1.54) is 6.20 Å². The lowest BCUT2D eigenvalue weighted by molar-refractivity contribution is -0.134. The Morgan fingerprint density at radius 3 is 2.81 bits per heavy atom. The van der Waals surface area contributed by atoms with Crippen LogP contribution in [0.5, 0.6) is 0 Å². The van der Waals surface area contributed by atoms with Gasteiger partial charge >= 0.3 is 0 Å². The summed E-state index contributed by atoms with van der Waals surface area (Å²) in [7, 11) is 1.83. The van der Waals surface area contributed by atoms with Gasteiger partial charge in [-0.15, -0.1) is 11.8 Å². The van der Waals surface area contributed by atoms with E-state index in [1.54, 1.807) is 33.7 Å². The quantitative estimate of drug-likeness (QED) is 0.851. The summed E-state index contributed by atoms with van der Waals surface area (Å²) in [5, 5.41) is 0.489. The van der Waals surface area contributed by atoms with Crippen molar-refractivity contribution in [2.24, 2.45) is 0 Å². The molecule has 2 fully saturated rings. The van der Waals surface area contributed by atoms with Crippen LogP contribution < -0.4 is 0 Å². The third-order valence-electron chi connectivity index (χ3n) is 3.82. The molecule has 1 saturated carbocycles. The fourth-order valence-electron chi connectivity index (χ4n) is 2.37. The molecule has 3 rings (SSSR count). The molecule has 0 unspecified atom stereocenters. The minimum absolute atomic E-state index is 0.0322. The molecule has 1 aliphatic carbocycles. The zero-order chi connectivity index (χ0) is 15.0. The Labute approximate surface area is 132 Å². The monoisotopic (exact) mass is 325 g/mol. The molecule has 7 heteroatoms. The molecule has 5 nitrogen and oxygen atoms in total. The Morgan fingerprint density at radius 1 is 1.43 bits per heavy atom. The van der Waals surface area contributed by atoms with Crippen LogP contribution in [0.2, 0.25) is 5.02 Å². The highest BCUT2D eigenvalue weighted by Gasteiger charge is 2.40. The Hall–Kier alpha value is -1.27. The van der Waals surface area contributed by atoms with E-state index in [1.807, 2.05) is 7.05 Å². The average molecular weight is 326 g/mol. The second-order valence-electron chi connectivity index (χ2n) is 5.33. The Morgan fingerprint density at radius 2 is 2.19 bits per heavy atom. The van der Waals surface area contributed by atoms with E-state index in [9.17, 15) is 9.59 Å². The summed E-state index contributed by atoms with van der Waals surface area (Å²) < 4.78 is 0. The SMILES string of the molecule is CN(C(=O)[C@@H]1CSCN1C(=O)c1ccc(Cl)cn1)C1CC1. The second-order valence-corrected chi connectivity index (χ2v) is 6.77. The molecule has 0 radical (unpaired) electrons. The van der Waals surface area contributed by atoms with Crippen LogP contribution in [-0.2, 0) is 4.79 Å². The van der Waals surface area contributed by atoms with E-state index in [0.29, 0.717) is 28.4 Å². The number of nitrogens with zero attached hydrogens (tertiary/aromatic N) is 3. The van der Waals surface area contributed by atoms with Crippen LogP contribution in [0.25, 0.3) is 0 Å². The van der Waals surface area contributed by atoms with E-state index in [-0.39, 0.29) is 17.9 Å². The van der Waals surface area contributed by atoms with Gasteiger partial charge in [-0.05, 0) is 25.0 Å². The average Bonchev–Trinajstić information content (AvgIpc) is 3.23. The van der Waals surface area contributed by atoms with Crippen molar-refractivity contribution in [3.05, 3.63) is 29.0 Å². The summed E-state index contributed by atoms with van der Waals surface area (Å²) in [6.45, 7) is 0. The number of hydrogen-bond donors (Lipinski definition) is 0. The maximum Gasteiger partial charge on any atom is 0.273 e. The summed E-state index contributed by atoms with van der Waals surface area (Å²) in [4.78, 5) is 32.5. The molecule has 0 aromatic carbocycles. The predicted molar refractivity (Wildman–Crippen MR) is 82.3 cm³/mol. The van der Waals surface area contributed by atoms with Gasteiger partial charge in [-0.1, -0.05) is 11.6 Å². The summed E-state index contributed by atoms with van der Waals surface area (Å²) >= 11 is 7.38. The summed E-state index contributed by atoms with van der Waals surface area (Å²) in [6, 6.07) is 3.21. The van der Waals surface area contributed by atoms with E-state index in [2.05, 4.69) is 4.98 Å². The van der Waals surface area contributed by atoms with Crippen LogP contribution in [0.15, 0.2) is 18.3 Å². The van der Waals surface area contributed by atoms with E-state index in [4.69, 9.17) is 11.6 Å². The second kappa shape index (κ2) is 5.85. The standard InChI is InChI=1S/C14H16ClN3O2S/c1-17(10-3-4-10)14(20)12-7-21-8-18(12)13(19)11-5-2-9(15)6-16-11/h2,5-6,10,12H,3-4,7-8H2,1H3/t12-/m0/s1. The Kier molecular flexibility index (Phi) is 4.08. The number of likely N-dealkylation sites (N-methyl/N-ethyl adjacent to an activating group) is 1. The molecule has 21 heavy (non-hydrogen) atoms. The third-order valence-corrected chi connectivity index (χ3v) is 5.05. The zero-order valence-corrected chi connectivity index (χ0v) is 13.2. The highest BCUT2D eigenvalue weighted by Crippen LogP contribution is 2.29. The topological polar surface area (TPSA) is 53.5 Å². The van der Waals surface area contributed by atoms with Crippen molar-refractivity contribution in [1.29, 1.82) is 0 Å². The highest BCUT2D eigenvalue weighted by molar-refractivity contribution is 7.99. The molecule has 1 atom stereocenters. The first-order chi connectivity index (χ1) is 10.1. The normalized spacial score (nSPS) is 21.4. The van der Waals surface area contributed by atoms with Crippen molar-refractivity contribution in [1.82, 2.24) is 14.8 Å². The lowest BCUT2D eigenvalue weighted by Gasteiger charge is -2.27. The van der Waals surface area contributed by atoms with Crippen LogP contribution in [0.1, 0.15) is 23.3 Å². The fraction of sp³-hybridized carbons (Fsp3) is 0.500. The number of aromatic nitrogens is 1. The van der Waals surface area contributed by atoms with E-state index < -0.39 is 0 Å². The molecule has 1 aliphatic heterocycles. The van der Waals surface area contributed by atoms with Gasteiger partial charge < -0.3 is 9.80 Å². The molecule has 2 amide bonds. The summed E-state index contributed by atoms with van der Waals surface area (Å²) in [6.07, 6.45) is 3.58. The number of carbonyl (C=O) groups is 2. The van der Waals surface area contributed by atoms with Gasteiger partial charge in [0.15, 0.2) is 0 Å². The molecular formula is C14H16ClN3O2S. The number of thioether (sulfide) groups is 1. The van der Waals surface area contributed by atoms with E-state index in [0.717, 1.165) is 12.8 Å². The van der Waals surface area contributed by atoms with Crippen molar-refractivity contribution in [3.63, 3.8) is 0 Å². The van der Waals surface area contributed by atoms with Crippen LogP contribution in [0, 0.1) is 0 Å². The first kappa shape index (κ1) is 14.7. The number of rotatable bonds is 3. The van der Waals surface area contributed by atoms with Crippen LogP contribution >= 0.6 is 23.4 Å². The number of halogens is 1. The molecule has 1 saturated heterocycles. The lowest BCUT2D eigenvalue weighted by atomic mass is 10.2. The molecule has 2 heterocycles. The minimum atomic E-state index is -0.384. The molecular weight excluding hydrogens is 310 g/mol. The zero-order valence-electron chi connectivity index (χ0n) is 11.7. The third kappa shape index (κ3) is 3.01. The molecule has 1 aromatic rings. The van der Waals surface area contributed by atoms with Gasteiger partial charge in [-0.2, -0.15) is 0 Å². The molecule has 0 bridgehead atoms. The number of carbonyl (C=O) groups excluding carboxylic acids is 2. The van der Waals surface area contributed by atoms with Crippen molar-refractivity contribution in [2.75, 3.05) is 18.7 Å². The first-order valence-electron chi connectivity index (χ1n) is 6.85. The van der Waals surface area contributed by atoms with Gasteiger partial charge in [0.25, 0.3) is 5.91 Å². The molecule has 112 valence electrons. The van der Waals surface area contributed by atoms with Gasteiger partial charge in [-0.25, -0.2) is 4.98 Å². The van der Waals surface area contributed by atoms with E-state index >= 15 is 0 Å². The number of pyridine rings is 1. The van der Waals surface area contributed by atoms with Crippen LogP contribution in [-0.4, -0.2) is 57.4 Å². The van der Waals surface area contributed by atoms with Crippen LogP contribution in [0.3, 0.4) is 0 Å². The minimum Gasteiger partial charge on any atom is -0.341 e. The Bertz CT molecular complexity index is 562. The molecule has 1 aromatic heterocycles. The van der Waals surface area contributed by atoms with Gasteiger partial charge in [0, 0.05) is 25.0 Å². The van der Waals surface area contributed by atoms with Gasteiger partial charge in [0.1, 0.15) is 11.7 Å². The molecule has 2 aliphatic rings. The number of hydrogen-bond acceptors (Lipinski definition) is 4. The smallest absolute Gasteiger partial charge is 0.273 e. The maximum absolute atomic E-state index is 12.5. The fourth-order valence-corrected chi connectivity index (χ4v) is 3.63. The first-order valence-corrected chi connectivity index (χ1v) is 8.38. The van der Waals surface area contributed by atoms with Crippen molar-refractivity contribution in [3.8, 4) is 0 Å². The Balaban J connectivity index is 1.75. The lowest BCUT2D eigenvalue weighted by Crippen LogP contribution is -2.48. The summed E-state index contributed by atoms with van der Waals surface area (Å²) in [5.41, 5.74) is 0.328. The predicted octanol–water partition coefficient (Wildman–Crippen LogP) is 1.87. The maximum atomic E-state index is 12.5. The van der Waals surface area contributed by atoms with Crippen molar-refractivity contribution >= 4 is 35.2 Å². The molecule has 0 N–H and O–H groups in total. The van der Waals surface area contributed by atoms with Gasteiger partial charge in [0.2, 0.25) is 5.91 Å². The van der Waals surface area contributed by atoms with Gasteiger partial charge in [-0.3, -0.25) is 9.59 Å². The summed E-state index contributed by atoms with van der Waals surface area (Å²) in [5.74, 6) is 0.997. The van der Waals surface area contributed by atoms with Crippen LogP contribution in [0.4, 0.5) is 0 Å². The van der Waals surface area contributed by atoms with Crippen molar-refractivity contribution < 1.29 is 9.59 Å². The molecule has 0 spiro atoms.